The van der Waals surface area contributed by atoms with Crippen LogP contribution in [0.5, 0.6) is 5.75 Å². The van der Waals surface area contributed by atoms with Gasteiger partial charge in [-0.1, -0.05) is 61.0 Å². The van der Waals surface area contributed by atoms with E-state index in [2.05, 4.69) is 5.32 Å². The van der Waals surface area contributed by atoms with Crippen LogP contribution in [0.3, 0.4) is 0 Å². The molecule has 40 heavy (non-hydrogen) atoms. The van der Waals surface area contributed by atoms with Gasteiger partial charge in [-0.2, -0.15) is 0 Å². The van der Waals surface area contributed by atoms with Gasteiger partial charge < -0.3 is 15.0 Å². The second-order valence-electron chi connectivity index (χ2n) is 9.24. The van der Waals surface area contributed by atoms with Crippen LogP contribution < -0.4 is 14.4 Å². The first kappa shape index (κ1) is 30.9. The molecule has 0 radical (unpaired) electrons. The summed E-state index contributed by atoms with van der Waals surface area (Å²) in [5.74, 6) is -1.14. The van der Waals surface area contributed by atoms with Crippen LogP contribution in [-0.2, 0) is 32.6 Å². The van der Waals surface area contributed by atoms with Gasteiger partial charge in [0.05, 0.1) is 24.1 Å². The van der Waals surface area contributed by atoms with E-state index in [-0.39, 0.29) is 29.6 Å². The summed E-state index contributed by atoms with van der Waals surface area (Å²) in [6, 6.07) is 18.8. The summed E-state index contributed by atoms with van der Waals surface area (Å²) in [7, 11) is -2.47. The molecule has 1 N–H and O–H groups in total. The molecule has 0 aliphatic heterocycles. The molecule has 0 aliphatic carbocycles. The van der Waals surface area contributed by atoms with E-state index >= 15 is 0 Å². The van der Waals surface area contributed by atoms with Crippen molar-refractivity contribution in [1.82, 2.24) is 10.2 Å². The van der Waals surface area contributed by atoms with E-state index in [1.54, 1.807) is 24.3 Å². The molecule has 3 aromatic carbocycles. The van der Waals surface area contributed by atoms with Gasteiger partial charge in [0, 0.05) is 19.5 Å². The number of hydrogen-bond donors (Lipinski definition) is 1. The molecule has 0 aromatic heterocycles. The van der Waals surface area contributed by atoms with Gasteiger partial charge in [-0.25, -0.2) is 12.8 Å². The predicted molar refractivity (Wildman–Crippen MR) is 154 cm³/mol. The van der Waals surface area contributed by atoms with Gasteiger partial charge >= 0.3 is 0 Å². The summed E-state index contributed by atoms with van der Waals surface area (Å²) >= 11 is 5.92. The lowest BCUT2D eigenvalue weighted by Crippen LogP contribution is -2.53. The van der Waals surface area contributed by atoms with Crippen LogP contribution in [0.15, 0.2) is 72.8 Å². The molecule has 11 heteroatoms. The third kappa shape index (κ3) is 8.43. The molecule has 0 aliphatic rings. The standard InChI is InChI=1S/C29H33ClFN3O5S/c1-4-15-32-29(36)27(17-21-9-6-5-7-10-21)33(19-22-11-8-12-24(16-22)39-2)28(35)20-34(40(3,37)38)23-13-14-26(31)25(30)18-23/h5-14,16,18,27H,4,15,17,19-20H2,1-3H3,(H,32,36)/t27-/m1/s1. The summed E-state index contributed by atoms with van der Waals surface area (Å²) in [5, 5.41) is 2.59. The predicted octanol–water partition coefficient (Wildman–Crippen LogP) is 4.42. The number of ether oxygens (including phenoxy) is 1. The highest BCUT2D eigenvalue weighted by Crippen LogP contribution is 2.25. The Bertz CT molecular complexity index is 1420. The van der Waals surface area contributed by atoms with Crippen molar-refractivity contribution in [3.8, 4) is 5.75 Å². The lowest BCUT2D eigenvalue weighted by atomic mass is 10.0. The highest BCUT2D eigenvalue weighted by Gasteiger charge is 2.33. The first-order valence-corrected chi connectivity index (χ1v) is 14.9. The number of nitrogens with zero attached hydrogens (tertiary/aromatic N) is 2. The van der Waals surface area contributed by atoms with Crippen molar-refractivity contribution in [2.45, 2.75) is 32.4 Å². The van der Waals surface area contributed by atoms with Gasteiger partial charge in [0.25, 0.3) is 0 Å². The van der Waals surface area contributed by atoms with Gasteiger partial charge in [0.15, 0.2) is 0 Å². The molecular weight excluding hydrogens is 557 g/mol. The summed E-state index contributed by atoms with van der Waals surface area (Å²) in [5.41, 5.74) is 1.54. The van der Waals surface area contributed by atoms with Gasteiger partial charge in [0.2, 0.25) is 21.8 Å². The van der Waals surface area contributed by atoms with E-state index in [0.717, 1.165) is 28.3 Å². The van der Waals surface area contributed by atoms with Crippen LogP contribution >= 0.6 is 11.6 Å². The normalized spacial score (nSPS) is 11.9. The van der Waals surface area contributed by atoms with Crippen molar-refractivity contribution >= 4 is 39.1 Å². The maximum Gasteiger partial charge on any atom is 0.244 e. The van der Waals surface area contributed by atoms with E-state index < -0.39 is 34.3 Å². The van der Waals surface area contributed by atoms with Crippen LogP contribution in [0, 0.1) is 5.82 Å². The molecule has 0 spiro atoms. The molecule has 1 atom stereocenters. The van der Waals surface area contributed by atoms with Crippen LogP contribution in [-0.4, -0.2) is 57.6 Å². The molecule has 2 amide bonds. The Hall–Kier alpha value is -3.63. The second-order valence-corrected chi connectivity index (χ2v) is 11.6. The van der Waals surface area contributed by atoms with Gasteiger partial charge in [-0.3, -0.25) is 13.9 Å². The number of sulfonamides is 1. The Kier molecular flexibility index (Phi) is 10.9. The molecule has 0 heterocycles. The van der Waals surface area contributed by atoms with E-state index in [9.17, 15) is 22.4 Å². The van der Waals surface area contributed by atoms with Crippen LogP contribution in [0.25, 0.3) is 0 Å². The number of methoxy groups -OCH3 is 1. The van der Waals surface area contributed by atoms with Crippen molar-refractivity contribution < 1.29 is 27.1 Å². The van der Waals surface area contributed by atoms with Crippen molar-refractivity contribution in [2.75, 3.05) is 30.8 Å². The van der Waals surface area contributed by atoms with E-state index in [1.807, 2.05) is 37.3 Å². The average molecular weight is 590 g/mol. The van der Waals surface area contributed by atoms with E-state index in [1.165, 1.54) is 18.1 Å². The summed E-state index contributed by atoms with van der Waals surface area (Å²) < 4.78 is 45.6. The summed E-state index contributed by atoms with van der Waals surface area (Å²) in [4.78, 5) is 28.8. The molecule has 0 bridgehead atoms. The SMILES string of the molecule is CCCNC(=O)[C@@H](Cc1ccccc1)N(Cc1cccc(OC)c1)C(=O)CN(c1ccc(F)c(Cl)c1)S(C)(=O)=O. The molecule has 3 aromatic rings. The quantitative estimate of drug-likeness (QED) is 0.318. The third-order valence-electron chi connectivity index (χ3n) is 6.18. The zero-order valence-electron chi connectivity index (χ0n) is 22.6. The summed E-state index contributed by atoms with van der Waals surface area (Å²) in [6.45, 7) is 1.71. The average Bonchev–Trinajstić information content (AvgIpc) is 2.93. The highest BCUT2D eigenvalue weighted by molar-refractivity contribution is 7.92. The highest BCUT2D eigenvalue weighted by atomic mass is 35.5. The maximum atomic E-state index is 14.0. The molecule has 214 valence electrons. The smallest absolute Gasteiger partial charge is 0.244 e. The molecule has 8 nitrogen and oxygen atoms in total. The molecule has 3 rings (SSSR count). The number of carbonyl (C=O) groups excluding carboxylic acids is 2. The number of benzene rings is 3. The third-order valence-corrected chi connectivity index (χ3v) is 7.61. The van der Waals surface area contributed by atoms with Crippen LogP contribution in [0.2, 0.25) is 5.02 Å². The number of carbonyl (C=O) groups is 2. The number of nitrogens with one attached hydrogen (secondary N) is 1. The Morgan fingerprint density at radius 1 is 1.02 bits per heavy atom. The minimum atomic E-state index is -3.99. The van der Waals surface area contributed by atoms with Crippen molar-refractivity contribution in [2.24, 2.45) is 0 Å². The molecular formula is C29H33ClFN3O5S. The minimum absolute atomic E-state index is 0.00878. The van der Waals surface area contributed by atoms with Crippen molar-refractivity contribution in [3.63, 3.8) is 0 Å². The van der Waals surface area contributed by atoms with Crippen molar-refractivity contribution in [3.05, 3.63) is 94.8 Å². The summed E-state index contributed by atoms with van der Waals surface area (Å²) in [6.07, 6.45) is 1.84. The Labute approximate surface area is 239 Å². The zero-order chi connectivity index (χ0) is 29.3. The van der Waals surface area contributed by atoms with Crippen molar-refractivity contribution in [1.29, 1.82) is 0 Å². The second kappa shape index (κ2) is 14.1. The number of anilines is 1. The molecule has 0 saturated heterocycles. The lowest BCUT2D eigenvalue weighted by molar-refractivity contribution is -0.140. The van der Waals surface area contributed by atoms with Gasteiger partial charge in [-0.15, -0.1) is 0 Å². The first-order chi connectivity index (χ1) is 19.0. The number of halogens is 2. The minimum Gasteiger partial charge on any atom is -0.497 e. The molecule has 0 unspecified atom stereocenters. The Morgan fingerprint density at radius 2 is 1.73 bits per heavy atom. The Morgan fingerprint density at radius 3 is 2.35 bits per heavy atom. The molecule has 0 fully saturated rings. The topological polar surface area (TPSA) is 96.0 Å². The van der Waals surface area contributed by atoms with Crippen LogP contribution in [0.4, 0.5) is 10.1 Å². The number of hydrogen-bond acceptors (Lipinski definition) is 5. The molecule has 0 saturated carbocycles. The van der Waals surface area contributed by atoms with E-state index in [0.29, 0.717) is 24.3 Å². The zero-order valence-corrected chi connectivity index (χ0v) is 24.2. The largest absolute Gasteiger partial charge is 0.497 e. The lowest BCUT2D eigenvalue weighted by Gasteiger charge is -2.33. The van der Waals surface area contributed by atoms with E-state index in [4.69, 9.17) is 16.3 Å². The van der Waals surface area contributed by atoms with Gasteiger partial charge in [-0.05, 0) is 47.9 Å². The van der Waals surface area contributed by atoms with Crippen LogP contribution in [0.1, 0.15) is 24.5 Å². The van der Waals surface area contributed by atoms with Gasteiger partial charge in [0.1, 0.15) is 24.2 Å². The number of rotatable bonds is 13. The first-order valence-electron chi connectivity index (χ1n) is 12.7. The Balaban J connectivity index is 2.06. The number of amides is 2. The monoisotopic (exact) mass is 589 g/mol. The fourth-order valence-corrected chi connectivity index (χ4v) is 5.16. The fourth-order valence-electron chi connectivity index (χ4n) is 4.14. The fraction of sp³-hybridized carbons (Fsp3) is 0.310. The maximum absolute atomic E-state index is 14.0.